The van der Waals surface area contributed by atoms with Gasteiger partial charge in [-0.3, -0.25) is 9.59 Å². The number of aromatic nitrogens is 1. The quantitative estimate of drug-likeness (QED) is 0.677. The van der Waals surface area contributed by atoms with E-state index >= 15 is 0 Å². The van der Waals surface area contributed by atoms with Crippen molar-refractivity contribution in [3.8, 4) is 0 Å². The number of allylic oxidation sites excluding steroid dienone is 2. The van der Waals surface area contributed by atoms with Crippen molar-refractivity contribution in [1.29, 1.82) is 0 Å². The number of carbonyl (C=O) groups is 2. The van der Waals surface area contributed by atoms with Crippen molar-refractivity contribution in [2.24, 2.45) is 0 Å². The number of fused-ring (bicyclic) bond motifs is 3. The Labute approximate surface area is 141 Å². The highest BCUT2D eigenvalue weighted by Gasteiger charge is 2.31. The summed E-state index contributed by atoms with van der Waals surface area (Å²) in [5.41, 5.74) is 2.96. The summed E-state index contributed by atoms with van der Waals surface area (Å²) in [6, 6.07) is 17.6. The summed E-state index contributed by atoms with van der Waals surface area (Å²) in [6.45, 7) is 0.552. The molecule has 2 aromatic carbocycles. The Kier molecular flexibility index (Phi) is 3.27. The average molecular weight is 366 g/mol. The van der Waals surface area contributed by atoms with Crippen LogP contribution in [-0.2, 0) is 6.54 Å². The Morgan fingerprint density at radius 2 is 1.61 bits per heavy atom. The zero-order valence-electron chi connectivity index (χ0n) is 12.1. The number of para-hydroxylation sites is 1. The summed E-state index contributed by atoms with van der Waals surface area (Å²) in [5, 5.41) is 0.827. The number of carbonyl (C=O) groups excluding carboxylic acids is 2. The lowest BCUT2D eigenvalue weighted by atomic mass is 9.99. The van der Waals surface area contributed by atoms with Crippen LogP contribution in [0.25, 0.3) is 10.9 Å². The first-order valence-corrected chi connectivity index (χ1v) is 8.07. The van der Waals surface area contributed by atoms with E-state index < -0.39 is 0 Å². The number of ketones is 2. The van der Waals surface area contributed by atoms with Gasteiger partial charge in [0, 0.05) is 23.5 Å². The number of nitrogens with zero attached hydrogens (tertiary/aromatic N) is 1. The Bertz CT molecular complexity index is 983. The van der Waals surface area contributed by atoms with Gasteiger partial charge in [0.2, 0.25) is 5.78 Å². The summed E-state index contributed by atoms with van der Waals surface area (Å²) in [7, 11) is 0. The first-order valence-electron chi connectivity index (χ1n) is 7.28. The van der Waals surface area contributed by atoms with Crippen molar-refractivity contribution in [2.75, 3.05) is 0 Å². The highest BCUT2D eigenvalue weighted by molar-refractivity contribution is 9.12. The van der Waals surface area contributed by atoms with Gasteiger partial charge >= 0.3 is 0 Å². The SMILES string of the molecule is O=C1C=C(Br)C(=O)c2c1c1ccccc1n2Cc1ccccc1. The first-order chi connectivity index (χ1) is 11.2. The minimum absolute atomic E-state index is 0.130. The summed E-state index contributed by atoms with van der Waals surface area (Å²) in [4.78, 5) is 25.1. The third kappa shape index (κ3) is 2.18. The zero-order valence-corrected chi connectivity index (χ0v) is 13.7. The van der Waals surface area contributed by atoms with Gasteiger partial charge in [-0.2, -0.15) is 0 Å². The summed E-state index contributed by atoms with van der Waals surface area (Å²) in [6.07, 6.45) is 1.37. The minimum atomic E-state index is -0.147. The number of benzene rings is 2. The van der Waals surface area contributed by atoms with Crippen LogP contribution in [-0.4, -0.2) is 16.1 Å². The molecule has 0 atom stereocenters. The molecule has 23 heavy (non-hydrogen) atoms. The van der Waals surface area contributed by atoms with Gasteiger partial charge in [-0.05, 0) is 27.6 Å². The topological polar surface area (TPSA) is 39.1 Å². The van der Waals surface area contributed by atoms with E-state index in [1.54, 1.807) is 0 Å². The predicted molar refractivity (Wildman–Crippen MR) is 93.2 cm³/mol. The van der Waals surface area contributed by atoms with E-state index in [4.69, 9.17) is 0 Å². The second-order valence-electron chi connectivity index (χ2n) is 5.50. The van der Waals surface area contributed by atoms with Gasteiger partial charge < -0.3 is 4.57 Å². The smallest absolute Gasteiger partial charge is 0.217 e. The Morgan fingerprint density at radius 1 is 0.913 bits per heavy atom. The number of hydrogen-bond acceptors (Lipinski definition) is 2. The minimum Gasteiger partial charge on any atom is -0.333 e. The van der Waals surface area contributed by atoms with Crippen LogP contribution in [0, 0.1) is 0 Å². The molecular formula is C19H12BrNO2. The largest absolute Gasteiger partial charge is 0.333 e. The summed E-state index contributed by atoms with van der Waals surface area (Å²) in [5.74, 6) is -0.277. The van der Waals surface area contributed by atoms with Crippen molar-refractivity contribution >= 4 is 38.4 Å². The Morgan fingerprint density at radius 3 is 2.39 bits per heavy atom. The van der Waals surface area contributed by atoms with Gasteiger partial charge in [-0.1, -0.05) is 48.5 Å². The fraction of sp³-hybridized carbons (Fsp3) is 0.0526. The number of rotatable bonds is 2. The normalized spacial score (nSPS) is 14.0. The third-order valence-corrected chi connectivity index (χ3v) is 4.68. The lowest BCUT2D eigenvalue weighted by molar-refractivity contribution is 0.0987. The van der Waals surface area contributed by atoms with E-state index in [1.165, 1.54) is 6.08 Å². The van der Waals surface area contributed by atoms with Crippen molar-refractivity contribution in [1.82, 2.24) is 4.57 Å². The van der Waals surface area contributed by atoms with E-state index in [1.807, 2.05) is 59.2 Å². The highest BCUT2D eigenvalue weighted by atomic mass is 79.9. The Hall–Kier alpha value is -2.46. The standard InChI is InChI=1S/C19H12BrNO2/c20-14-10-16(22)17-13-8-4-5-9-15(13)21(18(17)19(14)23)11-12-6-2-1-3-7-12/h1-10H,11H2. The average Bonchev–Trinajstić information content (AvgIpc) is 2.89. The van der Waals surface area contributed by atoms with Gasteiger partial charge in [-0.25, -0.2) is 0 Å². The molecule has 1 aliphatic rings. The van der Waals surface area contributed by atoms with Gasteiger partial charge in [0.25, 0.3) is 0 Å². The molecular weight excluding hydrogens is 354 g/mol. The molecule has 0 N–H and O–H groups in total. The molecule has 112 valence electrons. The Balaban J connectivity index is 2.01. The molecule has 0 aliphatic heterocycles. The van der Waals surface area contributed by atoms with E-state index in [-0.39, 0.29) is 11.6 Å². The lowest BCUT2D eigenvalue weighted by Crippen LogP contribution is -2.18. The summed E-state index contributed by atoms with van der Waals surface area (Å²) >= 11 is 3.22. The van der Waals surface area contributed by atoms with Crippen LogP contribution in [0.4, 0.5) is 0 Å². The number of hydrogen-bond donors (Lipinski definition) is 0. The van der Waals surface area contributed by atoms with Gasteiger partial charge in [0.1, 0.15) is 5.69 Å². The number of Topliss-reactive ketones (excluding diaryl/α,β-unsaturated/α-hetero) is 1. The molecule has 0 saturated heterocycles. The van der Waals surface area contributed by atoms with E-state index in [0.29, 0.717) is 22.3 Å². The molecule has 3 nitrogen and oxygen atoms in total. The molecule has 3 aromatic rings. The number of halogens is 1. The molecule has 1 heterocycles. The molecule has 0 fully saturated rings. The van der Waals surface area contributed by atoms with Crippen LogP contribution >= 0.6 is 15.9 Å². The molecule has 4 heteroatoms. The third-order valence-electron chi connectivity index (χ3n) is 4.09. The van der Waals surface area contributed by atoms with Crippen LogP contribution in [0.5, 0.6) is 0 Å². The lowest BCUT2D eigenvalue weighted by Gasteiger charge is -2.13. The maximum atomic E-state index is 12.7. The van der Waals surface area contributed by atoms with Crippen molar-refractivity contribution in [3.05, 3.63) is 82.0 Å². The van der Waals surface area contributed by atoms with Gasteiger partial charge in [0.15, 0.2) is 5.78 Å². The van der Waals surface area contributed by atoms with Crippen LogP contribution in [0.2, 0.25) is 0 Å². The molecule has 4 rings (SSSR count). The van der Waals surface area contributed by atoms with E-state index in [2.05, 4.69) is 15.9 Å². The molecule has 0 amide bonds. The van der Waals surface area contributed by atoms with Crippen molar-refractivity contribution < 1.29 is 9.59 Å². The zero-order chi connectivity index (χ0) is 16.0. The molecule has 0 saturated carbocycles. The van der Waals surface area contributed by atoms with Crippen LogP contribution in [0.3, 0.4) is 0 Å². The molecule has 0 radical (unpaired) electrons. The highest BCUT2D eigenvalue weighted by Crippen LogP contribution is 2.33. The molecule has 1 aliphatic carbocycles. The van der Waals surface area contributed by atoms with Gasteiger partial charge in [-0.15, -0.1) is 0 Å². The molecule has 1 aromatic heterocycles. The second kappa shape index (κ2) is 5.32. The van der Waals surface area contributed by atoms with Crippen molar-refractivity contribution in [3.63, 3.8) is 0 Å². The van der Waals surface area contributed by atoms with Crippen LogP contribution in [0.1, 0.15) is 26.4 Å². The van der Waals surface area contributed by atoms with E-state index in [9.17, 15) is 9.59 Å². The maximum absolute atomic E-state index is 12.7. The monoisotopic (exact) mass is 365 g/mol. The van der Waals surface area contributed by atoms with E-state index in [0.717, 1.165) is 16.5 Å². The van der Waals surface area contributed by atoms with Gasteiger partial charge in [0.05, 0.1) is 10.0 Å². The van der Waals surface area contributed by atoms with Crippen LogP contribution < -0.4 is 0 Å². The summed E-state index contributed by atoms with van der Waals surface area (Å²) < 4.78 is 2.25. The van der Waals surface area contributed by atoms with Crippen molar-refractivity contribution in [2.45, 2.75) is 6.54 Å². The maximum Gasteiger partial charge on any atom is 0.217 e. The molecule has 0 unspecified atom stereocenters. The first kappa shape index (κ1) is 14.2. The predicted octanol–water partition coefficient (Wildman–Crippen LogP) is 4.35. The van der Waals surface area contributed by atoms with Crippen LogP contribution in [0.15, 0.2) is 65.2 Å². The molecule has 0 spiro atoms. The fourth-order valence-electron chi connectivity index (χ4n) is 3.09. The fourth-order valence-corrected chi connectivity index (χ4v) is 3.48. The molecule has 0 bridgehead atoms. The second-order valence-corrected chi connectivity index (χ2v) is 6.35.